The highest BCUT2D eigenvalue weighted by Gasteiger charge is 2.30. The van der Waals surface area contributed by atoms with E-state index in [1.807, 2.05) is 12.1 Å². The highest BCUT2D eigenvalue weighted by atomic mass is 16.3. The maximum Gasteiger partial charge on any atom is 0.139 e. The molecule has 1 fully saturated rings. The minimum atomic E-state index is 0.242. The fourth-order valence-electron chi connectivity index (χ4n) is 3.06. The molecule has 1 aliphatic carbocycles. The Kier molecular flexibility index (Phi) is 3.42. The lowest BCUT2D eigenvalue weighted by molar-refractivity contribution is 0.215. The largest absolute Gasteiger partial charge is 0.464 e. The van der Waals surface area contributed by atoms with Gasteiger partial charge in [-0.1, -0.05) is 19.3 Å². The van der Waals surface area contributed by atoms with E-state index in [0.29, 0.717) is 0 Å². The first-order valence-corrected chi connectivity index (χ1v) is 7.09. The van der Waals surface area contributed by atoms with Gasteiger partial charge in [-0.25, -0.2) is 4.98 Å². The smallest absolute Gasteiger partial charge is 0.139 e. The van der Waals surface area contributed by atoms with Crippen LogP contribution in [0.1, 0.15) is 32.1 Å². The van der Waals surface area contributed by atoms with E-state index >= 15 is 0 Å². The predicted molar refractivity (Wildman–Crippen MR) is 77.1 cm³/mol. The van der Waals surface area contributed by atoms with E-state index in [0.717, 1.165) is 29.9 Å². The molecule has 2 heterocycles. The number of furan rings is 1. The van der Waals surface area contributed by atoms with Gasteiger partial charge in [-0.15, -0.1) is 0 Å². The van der Waals surface area contributed by atoms with Gasteiger partial charge in [-0.3, -0.25) is 0 Å². The summed E-state index contributed by atoms with van der Waals surface area (Å²) in [5, 5.41) is 4.53. The molecule has 1 aliphatic rings. The van der Waals surface area contributed by atoms with Gasteiger partial charge in [0.05, 0.1) is 11.6 Å². The molecule has 0 aromatic carbocycles. The lowest BCUT2D eigenvalue weighted by Crippen LogP contribution is -2.39. The number of rotatable bonds is 4. The Hall–Kier alpha value is -1.55. The van der Waals surface area contributed by atoms with Crippen LogP contribution in [0.5, 0.6) is 0 Å². The summed E-state index contributed by atoms with van der Waals surface area (Å²) in [5.74, 6) is 0.907. The molecule has 0 saturated heterocycles. The molecule has 2 aromatic heterocycles. The van der Waals surface area contributed by atoms with E-state index < -0.39 is 0 Å². The molecule has 0 amide bonds. The van der Waals surface area contributed by atoms with Crippen LogP contribution in [0.3, 0.4) is 0 Å². The Morgan fingerprint density at radius 3 is 2.89 bits per heavy atom. The van der Waals surface area contributed by atoms with Crippen LogP contribution in [0.2, 0.25) is 0 Å². The summed E-state index contributed by atoms with van der Waals surface area (Å²) in [7, 11) is 0. The van der Waals surface area contributed by atoms with Crippen molar-refractivity contribution in [1.82, 2.24) is 4.98 Å². The average Bonchev–Trinajstić information content (AvgIpc) is 2.95. The standard InChI is InChI=1S/C15H21N3O/c16-10-15(6-2-1-3-7-15)11-18-14-12-5-9-19-13(12)4-8-17-14/h4-5,8-9H,1-3,6-7,10-11,16H2,(H,17,18). The molecular weight excluding hydrogens is 238 g/mol. The van der Waals surface area contributed by atoms with Crippen LogP contribution >= 0.6 is 0 Å². The van der Waals surface area contributed by atoms with Gasteiger partial charge in [-0.05, 0) is 36.9 Å². The third kappa shape index (κ3) is 2.45. The quantitative estimate of drug-likeness (QED) is 0.885. The highest BCUT2D eigenvalue weighted by molar-refractivity contribution is 5.87. The number of hydrogen-bond acceptors (Lipinski definition) is 4. The van der Waals surface area contributed by atoms with Gasteiger partial charge in [0.15, 0.2) is 0 Å². The number of nitrogens with two attached hydrogens (primary N) is 1. The highest BCUT2D eigenvalue weighted by Crippen LogP contribution is 2.35. The van der Waals surface area contributed by atoms with Gasteiger partial charge in [0, 0.05) is 12.7 Å². The number of aromatic nitrogens is 1. The topological polar surface area (TPSA) is 64.1 Å². The second-order valence-electron chi connectivity index (χ2n) is 5.61. The fourth-order valence-corrected chi connectivity index (χ4v) is 3.06. The second kappa shape index (κ2) is 5.21. The lowest BCUT2D eigenvalue weighted by Gasteiger charge is -2.36. The van der Waals surface area contributed by atoms with E-state index in [-0.39, 0.29) is 5.41 Å². The number of hydrogen-bond donors (Lipinski definition) is 2. The summed E-state index contributed by atoms with van der Waals surface area (Å²) in [6.45, 7) is 1.65. The number of pyridine rings is 1. The predicted octanol–water partition coefficient (Wildman–Crippen LogP) is 3.15. The molecule has 4 heteroatoms. The number of fused-ring (bicyclic) bond motifs is 1. The molecule has 0 bridgehead atoms. The van der Waals surface area contributed by atoms with Crippen LogP contribution in [0.15, 0.2) is 29.0 Å². The lowest BCUT2D eigenvalue weighted by atomic mass is 9.74. The first-order chi connectivity index (χ1) is 9.33. The third-order valence-electron chi connectivity index (χ3n) is 4.36. The van der Waals surface area contributed by atoms with Gasteiger partial charge in [-0.2, -0.15) is 0 Å². The van der Waals surface area contributed by atoms with Crippen molar-refractivity contribution in [1.29, 1.82) is 0 Å². The van der Waals surface area contributed by atoms with Gasteiger partial charge in [0.25, 0.3) is 0 Å². The minimum absolute atomic E-state index is 0.242. The van der Waals surface area contributed by atoms with Crippen LogP contribution in [-0.2, 0) is 0 Å². The average molecular weight is 259 g/mol. The first kappa shape index (κ1) is 12.5. The minimum Gasteiger partial charge on any atom is -0.464 e. The Labute approximate surface area is 113 Å². The maximum absolute atomic E-state index is 6.02. The Balaban J connectivity index is 1.76. The molecule has 3 N–H and O–H groups in total. The van der Waals surface area contributed by atoms with Crippen LogP contribution in [0.25, 0.3) is 11.0 Å². The van der Waals surface area contributed by atoms with Crippen molar-refractivity contribution in [3.05, 3.63) is 24.6 Å². The molecular formula is C15H21N3O. The maximum atomic E-state index is 6.02. The zero-order chi connectivity index (χ0) is 13.1. The summed E-state index contributed by atoms with van der Waals surface area (Å²) in [4.78, 5) is 4.42. The van der Waals surface area contributed by atoms with E-state index in [2.05, 4.69) is 10.3 Å². The normalized spacial score (nSPS) is 18.6. The number of nitrogens with one attached hydrogen (secondary N) is 1. The van der Waals surface area contributed by atoms with Crippen molar-refractivity contribution in [2.75, 3.05) is 18.4 Å². The van der Waals surface area contributed by atoms with Gasteiger partial charge < -0.3 is 15.5 Å². The molecule has 0 atom stereocenters. The van der Waals surface area contributed by atoms with E-state index in [1.54, 1.807) is 12.5 Å². The van der Waals surface area contributed by atoms with Crippen LogP contribution in [0, 0.1) is 5.41 Å². The first-order valence-electron chi connectivity index (χ1n) is 7.09. The monoisotopic (exact) mass is 259 g/mol. The van der Waals surface area contributed by atoms with Crippen LogP contribution in [-0.4, -0.2) is 18.1 Å². The van der Waals surface area contributed by atoms with E-state index in [1.165, 1.54) is 32.1 Å². The summed E-state index contributed by atoms with van der Waals surface area (Å²) < 4.78 is 5.40. The Morgan fingerprint density at radius 2 is 2.11 bits per heavy atom. The van der Waals surface area contributed by atoms with Crippen molar-refractivity contribution < 1.29 is 4.42 Å². The summed E-state index contributed by atoms with van der Waals surface area (Å²) in [6.07, 6.45) is 9.86. The van der Waals surface area contributed by atoms with Crippen molar-refractivity contribution in [2.45, 2.75) is 32.1 Å². The summed E-state index contributed by atoms with van der Waals surface area (Å²) >= 11 is 0. The molecule has 0 spiro atoms. The molecule has 2 aromatic rings. The van der Waals surface area contributed by atoms with Gasteiger partial charge in [0.2, 0.25) is 0 Å². The molecule has 4 nitrogen and oxygen atoms in total. The van der Waals surface area contributed by atoms with Crippen molar-refractivity contribution >= 4 is 16.8 Å². The van der Waals surface area contributed by atoms with Crippen molar-refractivity contribution in [3.63, 3.8) is 0 Å². The SMILES string of the molecule is NCC1(CNc2nccc3occc23)CCCCC1. The summed E-state index contributed by atoms with van der Waals surface area (Å²) in [5.41, 5.74) is 7.14. The Morgan fingerprint density at radius 1 is 1.26 bits per heavy atom. The zero-order valence-electron chi connectivity index (χ0n) is 11.2. The van der Waals surface area contributed by atoms with Gasteiger partial charge >= 0.3 is 0 Å². The number of anilines is 1. The van der Waals surface area contributed by atoms with Crippen molar-refractivity contribution in [2.24, 2.45) is 11.1 Å². The molecule has 0 unspecified atom stereocenters. The Bertz CT molecular complexity index is 543. The van der Waals surface area contributed by atoms with E-state index in [9.17, 15) is 0 Å². The second-order valence-corrected chi connectivity index (χ2v) is 5.61. The molecule has 0 aliphatic heterocycles. The van der Waals surface area contributed by atoms with Crippen LogP contribution in [0.4, 0.5) is 5.82 Å². The molecule has 3 rings (SSSR count). The molecule has 1 saturated carbocycles. The fraction of sp³-hybridized carbons (Fsp3) is 0.533. The zero-order valence-corrected chi connectivity index (χ0v) is 11.2. The van der Waals surface area contributed by atoms with Crippen LogP contribution < -0.4 is 11.1 Å². The summed E-state index contributed by atoms with van der Waals surface area (Å²) in [6, 6.07) is 3.85. The van der Waals surface area contributed by atoms with Gasteiger partial charge in [0.1, 0.15) is 11.4 Å². The molecule has 0 radical (unpaired) electrons. The molecule has 19 heavy (non-hydrogen) atoms. The van der Waals surface area contributed by atoms with E-state index in [4.69, 9.17) is 10.2 Å². The van der Waals surface area contributed by atoms with Crippen molar-refractivity contribution in [3.8, 4) is 0 Å². The third-order valence-corrected chi connectivity index (χ3v) is 4.36. The number of nitrogens with zero attached hydrogens (tertiary/aromatic N) is 1. The molecule has 102 valence electrons.